The number of aliphatic hydroxyl groups is 2. The molecule has 0 radical (unpaired) electrons. The molecule has 0 aromatic rings. The fourth-order valence-corrected chi connectivity index (χ4v) is 1.19. The zero-order valence-corrected chi connectivity index (χ0v) is 9.40. The minimum atomic E-state index is -6.21. The van der Waals surface area contributed by atoms with Crippen molar-refractivity contribution in [1.29, 1.82) is 0 Å². The van der Waals surface area contributed by atoms with Crippen molar-refractivity contribution in [3.05, 3.63) is 0 Å². The summed E-state index contributed by atoms with van der Waals surface area (Å²) >= 11 is 0. The van der Waals surface area contributed by atoms with Crippen molar-refractivity contribution in [2.75, 3.05) is 6.61 Å². The van der Waals surface area contributed by atoms with Gasteiger partial charge in [0.05, 0.1) is 12.7 Å². The maximum absolute atomic E-state index is 12.9. The quantitative estimate of drug-likeness (QED) is 0.677. The molecule has 0 heterocycles. The van der Waals surface area contributed by atoms with Gasteiger partial charge in [0.25, 0.3) is 0 Å². The Morgan fingerprint density at radius 1 is 0.947 bits per heavy atom. The number of hydrogen-bond acceptors (Lipinski definition) is 2. The number of halogens is 8. The van der Waals surface area contributed by atoms with Crippen LogP contribution in [0.25, 0.3) is 0 Å². The van der Waals surface area contributed by atoms with Crippen LogP contribution in [-0.4, -0.2) is 47.1 Å². The lowest BCUT2D eigenvalue weighted by molar-refractivity contribution is -0.339. The summed E-state index contributed by atoms with van der Waals surface area (Å²) < 4.78 is 99.5. The zero-order valence-electron chi connectivity index (χ0n) is 9.40. The van der Waals surface area contributed by atoms with Crippen molar-refractivity contribution in [3.8, 4) is 0 Å². The normalized spacial score (nSPS) is 15.9. The lowest BCUT2D eigenvalue weighted by Gasteiger charge is -2.32. The molecule has 10 heteroatoms. The summed E-state index contributed by atoms with van der Waals surface area (Å²) in [4.78, 5) is 0. The summed E-state index contributed by atoms with van der Waals surface area (Å²) in [6.07, 6.45) is -9.62. The van der Waals surface area contributed by atoms with Gasteiger partial charge < -0.3 is 10.2 Å². The van der Waals surface area contributed by atoms with E-state index in [1.54, 1.807) is 0 Å². The molecule has 0 aliphatic heterocycles. The Kier molecular flexibility index (Phi) is 6.00. The second-order valence-corrected chi connectivity index (χ2v) is 3.93. The Morgan fingerprint density at radius 2 is 1.42 bits per heavy atom. The molecule has 0 saturated carbocycles. The maximum Gasteiger partial charge on any atom is 0.377 e. The molecule has 0 amide bonds. The van der Waals surface area contributed by atoms with Gasteiger partial charge in [0.1, 0.15) is 0 Å². The van der Waals surface area contributed by atoms with Gasteiger partial charge in [-0.2, -0.15) is 26.3 Å². The molecule has 0 aliphatic carbocycles. The molecular weight excluding hydrogens is 292 g/mol. The maximum atomic E-state index is 12.9. The van der Waals surface area contributed by atoms with Crippen LogP contribution < -0.4 is 0 Å². The Morgan fingerprint density at radius 3 is 1.79 bits per heavy atom. The number of alkyl halides is 8. The van der Waals surface area contributed by atoms with E-state index in [4.69, 9.17) is 10.2 Å². The highest BCUT2D eigenvalue weighted by atomic mass is 19.4. The molecule has 0 spiro atoms. The third-order valence-electron chi connectivity index (χ3n) is 2.39. The van der Waals surface area contributed by atoms with E-state index < -0.39 is 56.2 Å². The van der Waals surface area contributed by atoms with E-state index in [2.05, 4.69) is 0 Å². The van der Waals surface area contributed by atoms with E-state index in [0.29, 0.717) is 0 Å². The fraction of sp³-hybridized carbons (Fsp3) is 1.00. The Hall–Kier alpha value is -0.640. The van der Waals surface area contributed by atoms with Gasteiger partial charge in [0, 0.05) is 6.42 Å². The first-order valence-corrected chi connectivity index (χ1v) is 5.10. The van der Waals surface area contributed by atoms with E-state index in [1.165, 1.54) is 0 Å². The fourth-order valence-electron chi connectivity index (χ4n) is 1.19. The highest BCUT2D eigenvalue weighted by molar-refractivity contribution is 4.97. The van der Waals surface area contributed by atoms with Crippen molar-refractivity contribution < 1.29 is 45.3 Å². The highest BCUT2D eigenvalue weighted by Gasteiger charge is 2.74. The molecule has 1 atom stereocenters. The summed E-state index contributed by atoms with van der Waals surface area (Å²) in [5, 5.41) is 17.1. The molecular formula is C9H12F8O2. The number of hydrogen-bond donors (Lipinski definition) is 2. The number of aliphatic hydroxyl groups excluding tert-OH is 2. The molecule has 0 aromatic heterocycles. The molecule has 1 unspecified atom stereocenters. The lowest BCUT2D eigenvalue weighted by Crippen LogP contribution is -2.57. The monoisotopic (exact) mass is 304 g/mol. The standard InChI is InChI=1S/C9H12F8O2/c10-6(11)8(14,15)9(16,17)7(12,13)3-1-2-5(19)4-18/h5-6,18-19H,1-4H2. The average molecular weight is 304 g/mol. The van der Waals surface area contributed by atoms with Crippen LogP contribution in [0.3, 0.4) is 0 Å². The molecule has 0 fully saturated rings. The van der Waals surface area contributed by atoms with Gasteiger partial charge >= 0.3 is 24.2 Å². The third kappa shape index (κ3) is 3.91. The van der Waals surface area contributed by atoms with Crippen molar-refractivity contribution in [1.82, 2.24) is 0 Å². The summed E-state index contributed by atoms with van der Waals surface area (Å²) in [6, 6.07) is 0. The molecule has 116 valence electrons. The van der Waals surface area contributed by atoms with Crippen LogP contribution in [0.2, 0.25) is 0 Å². The van der Waals surface area contributed by atoms with Gasteiger partial charge in [-0.05, 0) is 12.8 Å². The first-order valence-electron chi connectivity index (χ1n) is 5.10. The Bertz CT molecular complexity index is 281. The summed E-state index contributed by atoms with van der Waals surface area (Å²) in [5.74, 6) is -17.7. The van der Waals surface area contributed by atoms with Crippen LogP contribution in [0.5, 0.6) is 0 Å². The molecule has 2 N–H and O–H groups in total. The second kappa shape index (κ2) is 6.21. The van der Waals surface area contributed by atoms with Crippen LogP contribution in [0.4, 0.5) is 35.1 Å². The van der Waals surface area contributed by atoms with Crippen molar-refractivity contribution in [2.45, 2.75) is 49.6 Å². The van der Waals surface area contributed by atoms with Crippen LogP contribution in [-0.2, 0) is 0 Å². The van der Waals surface area contributed by atoms with Crippen LogP contribution >= 0.6 is 0 Å². The predicted octanol–water partition coefficient (Wildman–Crippen LogP) is 2.68. The van der Waals surface area contributed by atoms with E-state index in [-0.39, 0.29) is 0 Å². The first-order chi connectivity index (χ1) is 8.40. The Balaban J connectivity index is 4.78. The van der Waals surface area contributed by atoms with Gasteiger partial charge in [-0.15, -0.1) is 0 Å². The summed E-state index contributed by atoms with van der Waals surface area (Å²) in [6.45, 7) is -0.824. The molecule has 0 aromatic carbocycles. The second-order valence-electron chi connectivity index (χ2n) is 3.93. The smallest absolute Gasteiger partial charge is 0.377 e. The Labute approximate surface area is 103 Å². The van der Waals surface area contributed by atoms with Gasteiger partial charge in [0.2, 0.25) is 0 Å². The highest BCUT2D eigenvalue weighted by Crippen LogP contribution is 2.50. The molecule has 0 rings (SSSR count). The molecule has 0 aliphatic rings. The van der Waals surface area contributed by atoms with Crippen molar-refractivity contribution >= 4 is 0 Å². The van der Waals surface area contributed by atoms with E-state index >= 15 is 0 Å². The topological polar surface area (TPSA) is 40.5 Å². The van der Waals surface area contributed by atoms with Crippen LogP contribution in [0.15, 0.2) is 0 Å². The molecule has 2 nitrogen and oxygen atoms in total. The van der Waals surface area contributed by atoms with Crippen LogP contribution in [0.1, 0.15) is 19.3 Å². The minimum Gasteiger partial charge on any atom is -0.394 e. The molecule has 19 heavy (non-hydrogen) atoms. The van der Waals surface area contributed by atoms with Crippen molar-refractivity contribution in [3.63, 3.8) is 0 Å². The lowest BCUT2D eigenvalue weighted by atomic mass is 9.98. The van der Waals surface area contributed by atoms with E-state index in [9.17, 15) is 35.1 Å². The molecule has 0 saturated heterocycles. The van der Waals surface area contributed by atoms with Crippen molar-refractivity contribution in [2.24, 2.45) is 0 Å². The minimum absolute atomic E-state index is 0.553. The summed E-state index contributed by atoms with van der Waals surface area (Å²) in [5.41, 5.74) is 0. The van der Waals surface area contributed by atoms with Gasteiger partial charge in [-0.1, -0.05) is 0 Å². The SMILES string of the molecule is OCC(O)CCCC(F)(F)C(F)(F)C(F)(F)C(F)F. The first kappa shape index (κ1) is 18.4. The van der Waals surface area contributed by atoms with E-state index in [1.807, 2.05) is 0 Å². The predicted molar refractivity (Wildman–Crippen MR) is 47.8 cm³/mol. The number of rotatable bonds is 8. The van der Waals surface area contributed by atoms with Gasteiger partial charge in [-0.3, -0.25) is 0 Å². The van der Waals surface area contributed by atoms with Gasteiger partial charge in [0.15, 0.2) is 0 Å². The van der Waals surface area contributed by atoms with Gasteiger partial charge in [-0.25, -0.2) is 8.78 Å². The van der Waals surface area contributed by atoms with E-state index in [0.717, 1.165) is 0 Å². The largest absolute Gasteiger partial charge is 0.394 e. The van der Waals surface area contributed by atoms with Crippen LogP contribution in [0, 0.1) is 0 Å². The average Bonchev–Trinajstić information content (AvgIpc) is 2.27. The summed E-state index contributed by atoms with van der Waals surface area (Å²) in [7, 11) is 0. The zero-order chi connectivity index (χ0) is 15.5. The molecule has 0 bridgehead atoms. The third-order valence-corrected chi connectivity index (χ3v) is 2.39.